The Morgan fingerprint density at radius 3 is 2.91 bits per heavy atom. The fraction of sp³-hybridized carbons (Fsp3) is 0.471. The standard InChI is InChI=1S/C17H23N3O2.HI/c1-2-18-17(19-11-14-7-5-9-21-14)20-12-15-10-13-6-3-4-8-16(13)22-15;/h3-4,6,8,10,14H,2,5,7,9,11-12H2,1H3,(H2,18,19,20);1H. The molecular weight excluding hydrogens is 405 g/mol. The van der Waals surface area contributed by atoms with E-state index >= 15 is 0 Å². The van der Waals surface area contributed by atoms with Crippen LogP contribution in [0.2, 0.25) is 0 Å². The maximum atomic E-state index is 5.79. The highest BCUT2D eigenvalue weighted by atomic mass is 127. The van der Waals surface area contributed by atoms with Crippen molar-refractivity contribution in [2.75, 3.05) is 19.7 Å². The number of ether oxygens (including phenoxy) is 1. The highest BCUT2D eigenvalue weighted by Crippen LogP contribution is 2.19. The Balaban J connectivity index is 0.00000192. The van der Waals surface area contributed by atoms with Gasteiger partial charge in [0, 0.05) is 25.1 Å². The summed E-state index contributed by atoms with van der Waals surface area (Å²) in [6.45, 7) is 5.09. The molecule has 23 heavy (non-hydrogen) atoms. The highest BCUT2D eigenvalue weighted by molar-refractivity contribution is 14.0. The van der Waals surface area contributed by atoms with Gasteiger partial charge >= 0.3 is 0 Å². The van der Waals surface area contributed by atoms with Crippen LogP contribution in [0.4, 0.5) is 0 Å². The van der Waals surface area contributed by atoms with E-state index in [0.29, 0.717) is 12.6 Å². The molecule has 0 saturated carbocycles. The average Bonchev–Trinajstić information content (AvgIpc) is 3.18. The molecule has 1 aromatic heterocycles. The number of hydrogen-bond donors (Lipinski definition) is 2. The van der Waals surface area contributed by atoms with Gasteiger partial charge < -0.3 is 19.8 Å². The SMILES string of the molecule is CCNC(=NCc1cc2ccccc2o1)NCC1CCCO1.I. The molecule has 6 heteroatoms. The molecule has 3 rings (SSSR count). The number of nitrogens with one attached hydrogen (secondary N) is 2. The van der Waals surface area contributed by atoms with Gasteiger partial charge in [-0.3, -0.25) is 0 Å². The second-order valence-corrected chi connectivity index (χ2v) is 5.46. The van der Waals surface area contributed by atoms with E-state index in [9.17, 15) is 0 Å². The second kappa shape index (κ2) is 9.12. The van der Waals surface area contributed by atoms with Crippen molar-refractivity contribution in [3.63, 3.8) is 0 Å². The molecule has 1 aliphatic rings. The lowest BCUT2D eigenvalue weighted by atomic mass is 10.2. The number of guanidine groups is 1. The Morgan fingerprint density at radius 1 is 1.30 bits per heavy atom. The predicted octanol–water partition coefficient (Wildman–Crippen LogP) is 3.28. The van der Waals surface area contributed by atoms with Crippen LogP contribution in [0.15, 0.2) is 39.7 Å². The summed E-state index contributed by atoms with van der Waals surface area (Å²) in [5, 5.41) is 7.71. The molecule has 1 aromatic carbocycles. The first-order valence-corrected chi connectivity index (χ1v) is 7.96. The topological polar surface area (TPSA) is 58.8 Å². The molecule has 1 aliphatic heterocycles. The van der Waals surface area contributed by atoms with Crippen molar-refractivity contribution in [3.8, 4) is 0 Å². The molecule has 0 amide bonds. The van der Waals surface area contributed by atoms with Crippen LogP contribution in [0, 0.1) is 0 Å². The molecule has 2 aromatic rings. The van der Waals surface area contributed by atoms with Gasteiger partial charge in [0.25, 0.3) is 0 Å². The monoisotopic (exact) mass is 429 g/mol. The van der Waals surface area contributed by atoms with Crippen LogP contribution < -0.4 is 10.6 Å². The van der Waals surface area contributed by atoms with Crippen LogP contribution in [0.5, 0.6) is 0 Å². The molecule has 126 valence electrons. The number of nitrogens with zero attached hydrogens (tertiary/aromatic N) is 1. The van der Waals surface area contributed by atoms with E-state index in [1.54, 1.807) is 0 Å². The van der Waals surface area contributed by atoms with Crippen molar-refractivity contribution in [1.82, 2.24) is 10.6 Å². The molecule has 1 saturated heterocycles. The van der Waals surface area contributed by atoms with Crippen molar-refractivity contribution in [2.24, 2.45) is 4.99 Å². The fourth-order valence-corrected chi connectivity index (χ4v) is 2.63. The summed E-state index contributed by atoms with van der Waals surface area (Å²) >= 11 is 0. The third kappa shape index (κ3) is 5.10. The zero-order chi connectivity index (χ0) is 15.2. The Hall–Kier alpha value is -1.28. The summed E-state index contributed by atoms with van der Waals surface area (Å²) in [7, 11) is 0. The molecule has 0 bridgehead atoms. The fourth-order valence-electron chi connectivity index (χ4n) is 2.63. The summed E-state index contributed by atoms with van der Waals surface area (Å²) in [6.07, 6.45) is 2.57. The van der Waals surface area contributed by atoms with Crippen LogP contribution in [0.1, 0.15) is 25.5 Å². The number of halogens is 1. The number of aliphatic imine (C=N–C) groups is 1. The van der Waals surface area contributed by atoms with Crippen molar-refractivity contribution in [3.05, 3.63) is 36.1 Å². The number of benzene rings is 1. The van der Waals surface area contributed by atoms with Crippen molar-refractivity contribution >= 4 is 40.9 Å². The van der Waals surface area contributed by atoms with Gasteiger partial charge in [-0.25, -0.2) is 4.99 Å². The van der Waals surface area contributed by atoms with Gasteiger partial charge in [0.05, 0.1) is 6.10 Å². The smallest absolute Gasteiger partial charge is 0.191 e. The molecule has 1 unspecified atom stereocenters. The van der Waals surface area contributed by atoms with Gasteiger partial charge in [-0.1, -0.05) is 18.2 Å². The van der Waals surface area contributed by atoms with Crippen LogP contribution in [-0.4, -0.2) is 31.8 Å². The quantitative estimate of drug-likeness (QED) is 0.435. The first kappa shape index (κ1) is 18.1. The van der Waals surface area contributed by atoms with Crippen molar-refractivity contribution in [1.29, 1.82) is 0 Å². The van der Waals surface area contributed by atoms with E-state index in [-0.39, 0.29) is 24.0 Å². The lowest BCUT2D eigenvalue weighted by molar-refractivity contribution is 0.114. The van der Waals surface area contributed by atoms with Crippen LogP contribution in [-0.2, 0) is 11.3 Å². The van der Waals surface area contributed by atoms with Crippen LogP contribution in [0.3, 0.4) is 0 Å². The number of fused-ring (bicyclic) bond motifs is 1. The summed E-state index contributed by atoms with van der Waals surface area (Å²) < 4.78 is 11.4. The minimum atomic E-state index is 0. The molecule has 0 spiro atoms. The Kier molecular flexibility index (Phi) is 7.16. The Morgan fingerprint density at radius 2 is 2.17 bits per heavy atom. The largest absolute Gasteiger partial charge is 0.459 e. The molecule has 0 radical (unpaired) electrons. The molecule has 5 nitrogen and oxygen atoms in total. The van der Waals surface area contributed by atoms with Gasteiger partial charge in [0.15, 0.2) is 5.96 Å². The van der Waals surface area contributed by atoms with Crippen molar-refractivity contribution in [2.45, 2.75) is 32.4 Å². The van der Waals surface area contributed by atoms with Crippen molar-refractivity contribution < 1.29 is 9.15 Å². The molecule has 1 fully saturated rings. The highest BCUT2D eigenvalue weighted by Gasteiger charge is 2.15. The predicted molar refractivity (Wildman–Crippen MR) is 103 cm³/mol. The zero-order valence-corrected chi connectivity index (χ0v) is 15.7. The first-order valence-electron chi connectivity index (χ1n) is 7.96. The Labute approximate surface area is 153 Å². The maximum Gasteiger partial charge on any atom is 0.191 e. The van der Waals surface area contributed by atoms with Gasteiger partial charge in [0.2, 0.25) is 0 Å². The second-order valence-electron chi connectivity index (χ2n) is 5.46. The average molecular weight is 429 g/mol. The third-order valence-electron chi connectivity index (χ3n) is 3.73. The molecule has 0 aliphatic carbocycles. The van der Waals surface area contributed by atoms with E-state index in [2.05, 4.69) is 22.5 Å². The van der Waals surface area contributed by atoms with E-state index in [4.69, 9.17) is 9.15 Å². The molecular formula is C17H24IN3O2. The third-order valence-corrected chi connectivity index (χ3v) is 3.73. The van der Waals surface area contributed by atoms with E-state index < -0.39 is 0 Å². The molecule has 2 N–H and O–H groups in total. The Bertz CT molecular complexity index is 603. The zero-order valence-electron chi connectivity index (χ0n) is 13.4. The summed E-state index contributed by atoms with van der Waals surface area (Å²) in [6, 6.07) is 10.1. The van der Waals surface area contributed by atoms with Gasteiger partial charge in [-0.15, -0.1) is 24.0 Å². The van der Waals surface area contributed by atoms with Gasteiger partial charge in [-0.05, 0) is 31.9 Å². The van der Waals surface area contributed by atoms with Crippen LogP contribution >= 0.6 is 24.0 Å². The maximum absolute atomic E-state index is 5.79. The van der Waals surface area contributed by atoms with Crippen LogP contribution in [0.25, 0.3) is 11.0 Å². The lowest BCUT2D eigenvalue weighted by Crippen LogP contribution is -2.41. The molecule has 2 heterocycles. The van der Waals surface area contributed by atoms with E-state index in [1.165, 1.54) is 0 Å². The summed E-state index contributed by atoms with van der Waals surface area (Å²) in [5.74, 6) is 1.67. The minimum Gasteiger partial charge on any atom is -0.459 e. The lowest BCUT2D eigenvalue weighted by Gasteiger charge is -2.14. The number of hydrogen-bond acceptors (Lipinski definition) is 3. The molecule has 1 atom stereocenters. The number of para-hydroxylation sites is 1. The minimum absolute atomic E-state index is 0. The van der Waals surface area contributed by atoms with E-state index in [0.717, 1.165) is 55.2 Å². The first-order chi connectivity index (χ1) is 10.8. The summed E-state index contributed by atoms with van der Waals surface area (Å²) in [5.41, 5.74) is 0.907. The van der Waals surface area contributed by atoms with Gasteiger partial charge in [0.1, 0.15) is 17.9 Å². The number of furan rings is 1. The van der Waals surface area contributed by atoms with E-state index in [1.807, 2.05) is 30.3 Å². The number of rotatable bonds is 5. The normalized spacial score (nSPS) is 18.0. The summed E-state index contributed by atoms with van der Waals surface area (Å²) in [4.78, 5) is 4.59. The van der Waals surface area contributed by atoms with Gasteiger partial charge in [-0.2, -0.15) is 0 Å².